The Morgan fingerprint density at radius 1 is 0.852 bits per heavy atom. The van der Waals surface area contributed by atoms with Crippen molar-refractivity contribution >= 4 is 27.2 Å². The van der Waals surface area contributed by atoms with Gasteiger partial charge in [-0.3, -0.25) is 4.72 Å². The predicted octanol–water partition coefficient (Wildman–Crippen LogP) is 4.64. The van der Waals surface area contributed by atoms with Crippen LogP contribution in [0.3, 0.4) is 0 Å². The van der Waals surface area contributed by atoms with Crippen molar-refractivity contribution in [3.63, 3.8) is 0 Å². The van der Waals surface area contributed by atoms with Gasteiger partial charge in [-0.05, 0) is 42.5 Å². The van der Waals surface area contributed by atoms with Crippen molar-refractivity contribution in [2.75, 3.05) is 10.0 Å². The van der Waals surface area contributed by atoms with Crippen LogP contribution >= 0.6 is 0 Å². The summed E-state index contributed by atoms with van der Waals surface area (Å²) < 4.78 is 65.1. The molecule has 0 amide bonds. The van der Waals surface area contributed by atoms with Crippen molar-refractivity contribution in [1.82, 2.24) is 4.98 Å². The molecule has 1 heterocycles. The highest BCUT2D eigenvalue weighted by Crippen LogP contribution is 2.31. The molecule has 0 bridgehead atoms. The Labute approximate surface area is 153 Å². The standard InChI is InChI=1S/C18H14F3N3O2S/c19-18(20,21)13-5-4-6-14(11-13)23-17-10-9-15(12-22-17)24-27(25,26)16-7-2-1-3-8-16/h1-12,24H,(H,22,23). The minimum Gasteiger partial charge on any atom is -0.340 e. The third kappa shape index (κ3) is 4.76. The number of hydrogen-bond donors (Lipinski definition) is 2. The molecule has 0 unspecified atom stereocenters. The Kier molecular flexibility index (Phi) is 5.04. The van der Waals surface area contributed by atoms with E-state index in [1.807, 2.05) is 0 Å². The van der Waals surface area contributed by atoms with Crippen LogP contribution in [0, 0.1) is 0 Å². The van der Waals surface area contributed by atoms with E-state index in [0.29, 0.717) is 0 Å². The molecule has 3 aromatic rings. The average molecular weight is 393 g/mol. The molecule has 0 saturated heterocycles. The smallest absolute Gasteiger partial charge is 0.340 e. The van der Waals surface area contributed by atoms with Crippen LogP contribution in [0.25, 0.3) is 0 Å². The first-order valence-electron chi connectivity index (χ1n) is 7.72. The van der Waals surface area contributed by atoms with Gasteiger partial charge in [0, 0.05) is 5.69 Å². The molecule has 0 aliphatic rings. The molecule has 0 radical (unpaired) electrons. The highest BCUT2D eigenvalue weighted by molar-refractivity contribution is 7.92. The number of rotatable bonds is 5. The number of aromatic nitrogens is 1. The summed E-state index contributed by atoms with van der Waals surface area (Å²) in [5.74, 6) is 0.275. The van der Waals surface area contributed by atoms with Gasteiger partial charge in [-0.15, -0.1) is 0 Å². The molecule has 2 aromatic carbocycles. The van der Waals surface area contributed by atoms with Crippen LogP contribution in [0.4, 0.5) is 30.4 Å². The maximum atomic E-state index is 12.7. The van der Waals surface area contributed by atoms with Gasteiger partial charge in [-0.1, -0.05) is 24.3 Å². The lowest BCUT2D eigenvalue weighted by Crippen LogP contribution is -2.13. The first kappa shape index (κ1) is 18.7. The van der Waals surface area contributed by atoms with E-state index in [1.54, 1.807) is 18.2 Å². The molecule has 0 aliphatic carbocycles. The van der Waals surface area contributed by atoms with Gasteiger partial charge in [0.2, 0.25) is 0 Å². The lowest BCUT2D eigenvalue weighted by molar-refractivity contribution is -0.137. The molecule has 0 atom stereocenters. The van der Waals surface area contributed by atoms with Crippen LogP contribution < -0.4 is 10.0 Å². The van der Waals surface area contributed by atoms with Gasteiger partial charge in [-0.25, -0.2) is 13.4 Å². The quantitative estimate of drug-likeness (QED) is 0.662. The number of hydrogen-bond acceptors (Lipinski definition) is 4. The molecule has 1 aromatic heterocycles. The van der Waals surface area contributed by atoms with Crippen LogP contribution in [0.5, 0.6) is 0 Å². The van der Waals surface area contributed by atoms with Crippen LogP contribution in [0.15, 0.2) is 77.8 Å². The van der Waals surface area contributed by atoms with Crippen LogP contribution in [0.2, 0.25) is 0 Å². The van der Waals surface area contributed by atoms with E-state index in [0.717, 1.165) is 12.1 Å². The van der Waals surface area contributed by atoms with E-state index >= 15 is 0 Å². The number of sulfonamides is 1. The molecule has 0 aliphatic heterocycles. The number of alkyl halides is 3. The topological polar surface area (TPSA) is 71.1 Å². The molecule has 5 nitrogen and oxygen atoms in total. The molecule has 140 valence electrons. The fourth-order valence-corrected chi connectivity index (χ4v) is 3.33. The van der Waals surface area contributed by atoms with Crippen molar-refractivity contribution in [3.05, 3.63) is 78.5 Å². The molecule has 27 heavy (non-hydrogen) atoms. The summed E-state index contributed by atoms with van der Waals surface area (Å²) in [4.78, 5) is 4.13. The summed E-state index contributed by atoms with van der Waals surface area (Å²) in [5.41, 5.74) is -0.330. The third-order valence-electron chi connectivity index (χ3n) is 3.53. The van der Waals surface area contributed by atoms with Crippen molar-refractivity contribution < 1.29 is 21.6 Å². The van der Waals surface area contributed by atoms with Gasteiger partial charge in [0.15, 0.2) is 0 Å². The summed E-state index contributed by atoms with van der Waals surface area (Å²) >= 11 is 0. The van der Waals surface area contributed by atoms with Crippen LogP contribution in [-0.2, 0) is 16.2 Å². The van der Waals surface area contributed by atoms with Gasteiger partial charge in [0.25, 0.3) is 10.0 Å². The predicted molar refractivity (Wildman–Crippen MR) is 96.2 cm³/mol. The van der Waals surface area contributed by atoms with Crippen LogP contribution in [0.1, 0.15) is 5.56 Å². The maximum absolute atomic E-state index is 12.7. The first-order chi connectivity index (χ1) is 12.7. The van der Waals surface area contributed by atoms with Gasteiger partial charge in [0.05, 0.1) is 22.3 Å². The summed E-state index contributed by atoms with van der Waals surface area (Å²) in [6.45, 7) is 0. The van der Waals surface area contributed by atoms with E-state index in [-0.39, 0.29) is 22.1 Å². The first-order valence-corrected chi connectivity index (χ1v) is 9.20. The maximum Gasteiger partial charge on any atom is 0.416 e. The molecule has 0 saturated carbocycles. The van der Waals surface area contributed by atoms with E-state index in [4.69, 9.17) is 0 Å². The van der Waals surface area contributed by atoms with Gasteiger partial charge < -0.3 is 5.32 Å². The largest absolute Gasteiger partial charge is 0.416 e. The van der Waals surface area contributed by atoms with Gasteiger partial charge >= 0.3 is 6.18 Å². The van der Waals surface area contributed by atoms with Gasteiger partial charge in [-0.2, -0.15) is 13.2 Å². The lowest BCUT2D eigenvalue weighted by Gasteiger charge is -2.11. The summed E-state index contributed by atoms with van der Waals surface area (Å²) in [5, 5.41) is 2.75. The normalized spacial score (nSPS) is 11.8. The average Bonchev–Trinajstić information content (AvgIpc) is 2.63. The minimum absolute atomic E-state index is 0.108. The highest BCUT2D eigenvalue weighted by Gasteiger charge is 2.30. The molecule has 3 rings (SSSR count). The Balaban J connectivity index is 1.73. The van der Waals surface area contributed by atoms with Gasteiger partial charge in [0.1, 0.15) is 5.82 Å². The Morgan fingerprint density at radius 3 is 2.22 bits per heavy atom. The van der Waals surface area contributed by atoms with E-state index < -0.39 is 21.8 Å². The van der Waals surface area contributed by atoms with Crippen molar-refractivity contribution in [2.45, 2.75) is 11.1 Å². The van der Waals surface area contributed by atoms with E-state index in [1.165, 1.54) is 42.6 Å². The Bertz CT molecular complexity index is 1020. The van der Waals surface area contributed by atoms with E-state index in [9.17, 15) is 21.6 Å². The summed E-state index contributed by atoms with van der Waals surface area (Å²) in [6, 6.07) is 15.5. The molecular weight excluding hydrogens is 379 g/mol. The molecule has 0 fully saturated rings. The Morgan fingerprint density at radius 2 is 1.59 bits per heavy atom. The van der Waals surface area contributed by atoms with Crippen LogP contribution in [-0.4, -0.2) is 13.4 Å². The number of anilines is 3. The number of benzene rings is 2. The zero-order chi connectivity index (χ0) is 19.5. The van der Waals surface area contributed by atoms with E-state index in [2.05, 4.69) is 15.0 Å². The monoisotopic (exact) mass is 393 g/mol. The second kappa shape index (κ2) is 7.28. The lowest BCUT2D eigenvalue weighted by atomic mass is 10.2. The minimum atomic E-state index is -4.44. The third-order valence-corrected chi connectivity index (χ3v) is 4.93. The summed E-state index contributed by atoms with van der Waals surface area (Å²) in [6.07, 6.45) is -3.17. The zero-order valence-corrected chi connectivity index (χ0v) is 14.6. The number of nitrogens with one attached hydrogen (secondary N) is 2. The Hall–Kier alpha value is -3.07. The second-order valence-corrected chi connectivity index (χ2v) is 7.24. The van der Waals surface area contributed by atoms with Crippen molar-refractivity contribution in [2.24, 2.45) is 0 Å². The summed E-state index contributed by atoms with van der Waals surface area (Å²) in [7, 11) is -3.74. The highest BCUT2D eigenvalue weighted by atomic mass is 32.2. The molecular formula is C18H14F3N3O2S. The zero-order valence-electron chi connectivity index (χ0n) is 13.7. The molecule has 2 N–H and O–H groups in total. The number of pyridine rings is 1. The molecule has 0 spiro atoms. The van der Waals surface area contributed by atoms with Crippen molar-refractivity contribution in [1.29, 1.82) is 0 Å². The number of halogens is 3. The fraction of sp³-hybridized carbons (Fsp3) is 0.0556. The second-order valence-electron chi connectivity index (χ2n) is 5.55. The van der Waals surface area contributed by atoms with Crippen molar-refractivity contribution in [3.8, 4) is 0 Å². The molecule has 9 heteroatoms. The number of nitrogens with zero attached hydrogens (tertiary/aromatic N) is 1. The fourth-order valence-electron chi connectivity index (χ4n) is 2.26. The SMILES string of the molecule is O=S(=O)(Nc1ccc(Nc2cccc(C(F)(F)F)c2)nc1)c1ccccc1.